The third-order valence-electron chi connectivity index (χ3n) is 4.50. The van der Waals surface area contributed by atoms with Crippen LogP contribution in [0.1, 0.15) is 0 Å². The lowest BCUT2D eigenvalue weighted by atomic mass is 10.2. The molecule has 0 unspecified atom stereocenters. The summed E-state index contributed by atoms with van der Waals surface area (Å²) < 4.78 is 39.9. The summed E-state index contributed by atoms with van der Waals surface area (Å²) in [5.41, 5.74) is 7.99. The highest BCUT2D eigenvalue weighted by molar-refractivity contribution is 9.10. The molecule has 1 aliphatic heterocycles. The smallest absolute Gasteiger partial charge is 0.397 e. The number of pyridine rings is 1. The molecule has 1 aliphatic rings. The molecule has 2 N–H and O–H groups in total. The van der Waals surface area contributed by atoms with Crippen LogP contribution in [-0.4, -0.2) is 68.4 Å². The van der Waals surface area contributed by atoms with Crippen molar-refractivity contribution >= 4 is 33.1 Å². The van der Waals surface area contributed by atoms with E-state index in [9.17, 15) is 13.2 Å². The number of hydrogen-bond acceptors (Lipinski definition) is 7. The van der Waals surface area contributed by atoms with E-state index in [1.807, 2.05) is 4.90 Å². The minimum atomic E-state index is -4.19. The molecule has 1 saturated heterocycles. The Morgan fingerprint density at radius 1 is 1.07 bits per heavy atom. The van der Waals surface area contributed by atoms with Crippen LogP contribution < -0.4 is 10.6 Å². The van der Waals surface area contributed by atoms with Crippen LogP contribution in [0.2, 0.25) is 0 Å². The number of halogens is 4. The van der Waals surface area contributed by atoms with Crippen molar-refractivity contribution < 1.29 is 13.2 Å². The van der Waals surface area contributed by atoms with Crippen molar-refractivity contribution in [3.63, 3.8) is 0 Å². The van der Waals surface area contributed by atoms with Gasteiger partial charge in [-0.2, -0.15) is 18.3 Å². The average Bonchev–Trinajstić information content (AvgIpc) is 3.13. The summed E-state index contributed by atoms with van der Waals surface area (Å²) in [6.45, 7) is 0.619. The van der Waals surface area contributed by atoms with E-state index in [0.29, 0.717) is 59.3 Å². The number of hydrogen-bond donors (Lipinski definition) is 1. The predicted molar refractivity (Wildman–Crippen MR) is 101 cm³/mol. The number of nitrogens with two attached hydrogens (primary N) is 1. The number of aromatic nitrogens is 5. The zero-order valence-electron chi connectivity index (χ0n) is 14.6. The van der Waals surface area contributed by atoms with Crippen LogP contribution in [0.5, 0.6) is 0 Å². The Bertz CT molecular complexity index is 997. The lowest BCUT2D eigenvalue weighted by Crippen LogP contribution is -2.49. The Kier molecular flexibility index (Phi) is 4.83. The highest BCUT2D eigenvalue weighted by Crippen LogP contribution is 2.29. The van der Waals surface area contributed by atoms with E-state index in [4.69, 9.17) is 5.73 Å². The highest BCUT2D eigenvalue weighted by atomic mass is 79.9. The quantitative estimate of drug-likeness (QED) is 0.646. The second-order valence-corrected chi connectivity index (χ2v) is 7.22. The molecule has 0 aromatic carbocycles. The van der Waals surface area contributed by atoms with Crippen LogP contribution in [0.25, 0.3) is 17.0 Å². The molecule has 3 aromatic rings. The van der Waals surface area contributed by atoms with Crippen molar-refractivity contribution in [1.29, 1.82) is 0 Å². The third kappa shape index (κ3) is 3.74. The van der Waals surface area contributed by atoms with Gasteiger partial charge in [0, 0.05) is 26.2 Å². The van der Waals surface area contributed by atoms with Crippen LogP contribution in [0.4, 0.5) is 24.7 Å². The fourth-order valence-electron chi connectivity index (χ4n) is 3.17. The van der Waals surface area contributed by atoms with Gasteiger partial charge in [0.2, 0.25) is 0 Å². The first-order chi connectivity index (χ1) is 13.3. The van der Waals surface area contributed by atoms with Gasteiger partial charge in [0.15, 0.2) is 5.65 Å². The molecule has 1 fully saturated rings. The van der Waals surface area contributed by atoms with Gasteiger partial charge in [-0.25, -0.2) is 19.5 Å². The van der Waals surface area contributed by atoms with E-state index >= 15 is 0 Å². The van der Waals surface area contributed by atoms with Gasteiger partial charge in [0.25, 0.3) is 0 Å². The summed E-state index contributed by atoms with van der Waals surface area (Å²) in [5, 5.41) is 4.13. The van der Waals surface area contributed by atoms with Crippen molar-refractivity contribution in [3.8, 4) is 11.4 Å². The summed E-state index contributed by atoms with van der Waals surface area (Å²) in [6.07, 6.45) is -1.20. The number of rotatable bonds is 3. The molecule has 148 valence electrons. The van der Waals surface area contributed by atoms with Crippen LogP contribution in [0.3, 0.4) is 0 Å². The Balaban J connectivity index is 1.60. The molecule has 0 bridgehead atoms. The van der Waals surface area contributed by atoms with Gasteiger partial charge in [0.1, 0.15) is 28.1 Å². The second kappa shape index (κ2) is 7.17. The molecule has 0 atom stereocenters. The second-order valence-electron chi connectivity index (χ2n) is 6.41. The summed E-state index contributed by atoms with van der Waals surface area (Å²) in [5.74, 6) is 0.637. The standard InChI is InChI=1S/C16H16BrF3N8/c17-11-7-22-14(15-23-9-24-28(11)15)13-10(21)1-2-12(25-13)27-5-3-26(4-6-27)8-16(18,19)20/h1-2,7,9H,3-6,8,21H2. The minimum absolute atomic E-state index is 0.311. The Morgan fingerprint density at radius 2 is 1.82 bits per heavy atom. The molecule has 0 saturated carbocycles. The molecular weight excluding hydrogens is 441 g/mol. The number of nitrogens with zero attached hydrogens (tertiary/aromatic N) is 7. The maximum Gasteiger partial charge on any atom is 0.401 e. The SMILES string of the molecule is Nc1ccc(N2CCN(CC(F)(F)F)CC2)nc1-c1ncc(Br)n2ncnc12. The molecule has 0 spiro atoms. The molecule has 12 heteroatoms. The maximum atomic E-state index is 12.6. The molecule has 0 radical (unpaired) electrons. The molecule has 28 heavy (non-hydrogen) atoms. The maximum absolute atomic E-state index is 12.6. The van der Waals surface area contributed by atoms with E-state index in [1.165, 1.54) is 11.2 Å². The van der Waals surface area contributed by atoms with Gasteiger partial charge in [-0.1, -0.05) is 0 Å². The molecule has 8 nitrogen and oxygen atoms in total. The molecule has 3 aromatic heterocycles. The number of alkyl halides is 3. The van der Waals surface area contributed by atoms with E-state index in [1.54, 1.807) is 22.8 Å². The Morgan fingerprint density at radius 3 is 2.54 bits per heavy atom. The molecule has 4 heterocycles. The average molecular weight is 457 g/mol. The van der Waals surface area contributed by atoms with Gasteiger partial charge in [-0.3, -0.25) is 4.90 Å². The zero-order valence-corrected chi connectivity index (χ0v) is 16.2. The number of nitrogen functional groups attached to an aromatic ring is 1. The largest absolute Gasteiger partial charge is 0.401 e. The monoisotopic (exact) mass is 456 g/mol. The normalized spacial score (nSPS) is 16.1. The lowest BCUT2D eigenvalue weighted by Gasteiger charge is -2.35. The minimum Gasteiger partial charge on any atom is -0.397 e. The highest BCUT2D eigenvalue weighted by Gasteiger charge is 2.32. The van der Waals surface area contributed by atoms with E-state index < -0.39 is 12.7 Å². The predicted octanol–water partition coefficient (Wildman–Crippen LogP) is 2.22. The summed E-state index contributed by atoms with van der Waals surface area (Å²) in [6, 6.07) is 3.48. The van der Waals surface area contributed by atoms with Gasteiger partial charge >= 0.3 is 6.18 Å². The Hall–Kier alpha value is -2.47. The lowest BCUT2D eigenvalue weighted by molar-refractivity contribution is -0.146. The van der Waals surface area contributed by atoms with Crippen LogP contribution in [-0.2, 0) is 0 Å². The first-order valence-corrected chi connectivity index (χ1v) is 9.26. The van der Waals surface area contributed by atoms with E-state index in [2.05, 4.69) is 36.0 Å². The van der Waals surface area contributed by atoms with Crippen molar-refractivity contribution in [3.05, 3.63) is 29.3 Å². The summed E-state index contributed by atoms with van der Waals surface area (Å²) in [7, 11) is 0. The van der Waals surface area contributed by atoms with Crippen LogP contribution in [0.15, 0.2) is 29.3 Å². The molecule has 4 rings (SSSR count). The van der Waals surface area contributed by atoms with Crippen molar-refractivity contribution in [2.45, 2.75) is 6.18 Å². The first-order valence-electron chi connectivity index (χ1n) is 8.47. The topological polar surface area (TPSA) is 88.5 Å². The van der Waals surface area contributed by atoms with E-state index in [-0.39, 0.29) is 0 Å². The van der Waals surface area contributed by atoms with Crippen LogP contribution >= 0.6 is 15.9 Å². The van der Waals surface area contributed by atoms with Crippen LogP contribution in [0, 0.1) is 0 Å². The fourth-order valence-corrected chi connectivity index (χ4v) is 3.53. The number of anilines is 2. The first kappa shape index (κ1) is 18.9. The number of piperazine rings is 1. The van der Waals surface area contributed by atoms with Gasteiger partial charge < -0.3 is 10.6 Å². The molecular formula is C16H16BrF3N8. The van der Waals surface area contributed by atoms with Crippen molar-refractivity contribution in [1.82, 2.24) is 29.5 Å². The van der Waals surface area contributed by atoms with E-state index in [0.717, 1.165) is 0 Å². The Labute approximate surface area is 166 Å². The van der Waals surface area contributed by atoms with Gasteiger partial charge in [-0.15, -0.1) is 0 Å². The van der Waals surface area contributed by atoms with Gasteiger partial charge in [0.05, 0.1) is 18.4 Å². The zero-order chi connectivity index (χ0) is 19.9. The van der Waals surface area contributed by atoms with Crippen molar-refractivity contribution in [2.75, 3.05) is 43.4 Å². The summed E-state index contributed by atoms with van der Waals surface area (Å²) in [4.78, 5) is 16.6. The molecule has 0 aliphatic carbocycles. The van der Waals surface area contributed by atoms with Gasteiger partial charge in [-0.05, 0) is 28.1 Å². The molecule has 0 amide bonds. The third-order valence-corrected chi connectivity index (χ3v) is 5.04. The van der Waals surface area contributed by atoms with Crippen molar-refractivity contribution in [2.24, 2.45) is 0 Å². The number of fused-ring (bicyclic) bond motifs is 1. The fraction of sp³-hybridized carbons (Fsp3) is 0.375. The summed E-state index contributed by atoms with van der Waals surface area (Å²) >= 11 is 3.36.